The maximum absolute atomic E-state index is 12.3. The predicted octanol–water partition coefficient (Wildman–Crippen LogP) is -0.740. The molecule has 50 heavy (non-hydrogen) atoms. The average molecular weight is 761 g/mol. The summed E-state index contributed by atoms with van der Waals surface area (Å²) < 4.78 is 73.8. The molecule has 0 aliphatic carbocycles. The number of hydrogen-bond donors (Lipinski definition) is 2. The van der Waals surface area contributed by atoms with Crippen LogP contribution in [0, 0.1) is 0 Å². The molecule has 2 fully saturated rings. The minimum absolute atomic E-state index is 0.0136. The molecule has 0 bridgehead atoms. The van der Waals surface area contributed by atoms with Crippen LogP contribution in [0.15, 0.2) is 0 Å². The van der Waals surface area contributed by atoms with E-state index >= 15 is 0 Å². The predicted molar refractivity (Wildman–Crippen MR) is 172 cm³/mol. The normalized spacial score (nSPS) is 21.2. The van der Waals surface area contributed by atoms with E-state index in [0.29, 0.717) is 0 Å². The number of nitrogens with zero attached hydrogens (tertiary/aromatic N) is 2. The summed E-state index contributed by atoms with van der Waals surface area (Å²) in [6.07, 6.45) is -2.58. The van der Waals surface area contributed by atoms with Crippen molar-refractivity contribution in [1.82, 2.24) is 20.4 Å². The van der Waals surface area contributed by atoms with Crippen molar-refractivity contribution in [2.24, 2.45) is 0 Å². The van der Waals surface area contributed by atoms with E-state index in [4.69, 9.17) is 17.8 Å². The van der Waals surface area contributed by atoms with Gasteiger partial charge in [0.1, 0.15) is 23.3 Å². The highest BCUT2D eigenvalue weighted by Gasteiger charge is 2.47. The molecule has 288 valence electrons. The topological polar surface area (TPSA) is 257 Å². The maximum Gasteiger partial charge on any atom is 0.407 e. The Hall–Kier alpha value is -3.76. The van der Waals surface area contributed by atoms with Gasteiger partial charge in [-0.05, 0) is 41.5 Å². The summed E-state index contributed by atoms with van der Waals surface area (Å²) in [5, 5.41) is 4.92. The fourth-order valence-corrected chi connectivity index (χ4v) is 5.72. The van der Waals surface area contributed by atoms with Crippen molar-refractivity contribution in [3.63, 3.8) is 0 Å². The maximum atomic E-state index is 12.3. The summed E-state index contributed by atoms with van der Waals surface area (Å²) >= 11 is 0. The number of rotatable bonds is 12. The second-order valence-electron chi connectivity index (χ2n) is 13.0. The van der Waals surface area contributed by atoms with Crippen LogP contribution >= 0.6 is 0 Å². The van der Waals surface area contributed by atoms with E-state index in [1.54, 1.807) is 41.5 Å². The Kier molecular flexibility index (Phi) is 15.9. The Morgan fingerprint density at radius 1 is 0.660 bits per heavy atom. The van der Waals surface area contributed by atoms with Gasteiger partial charge in [-0.2, -0.15) is 16.8 Å². The standard InChI is InChI=1S/2C14H24N2O8S/c2*1-14(2,3)23-13(19)15-6-7-16-9(12(18)22-4)8-10(11(16)17)24-25(5,20)21/h2*9-10H,6-8H2,1-5H3,(H,15,19)/t2*9-,10+/m00/s1. The molecule has 2 saturated heterocycles. The van der Waals surface area contributed by atoms with Crippen LogP contribution in [0.4, 0.5) is 9.59 Å². The molecule has 0 radical (unpaired) electrons. The van der Waals surface area contributed by atoms with E-state index in [0.717, 1.165) is 36.5 Å². The lowest BCUT2D eigenvalue weighted by atomic mass is 10.2. The van der Waals surface area contributed by atoms with Crippen molar-refractivity contribution in [3.8, 4) is 0 Å². The monoisotopic (exact) mass is 760 g/mol. The first kappa shape index (κ1) is 44.3. The van der Waals surface area contributed by atoms with E-state index in [1.807, 2.05) is 0 Å². The zero-order valence-electron chi connectivity index (χ0n) is 29.8. The summed E-state index contributed by atoms with van der Waals surface area (Å²) in [5.41, 5.74) is -1.34. The summed E-state index contributed by atoms with van der Waals surface area (Å²) in [6, 6.07) is -1.96. The van der Waals surface area contributed by atoms with Crippen LogP contribution in [0.3, 0.4) is 0 Å². The van der Waals surface area contributed by atoms with Gasteiger partial charge in [0, 0.05) is 39.0 Å². The van der Waals surface area contributed by atoms with Gasteiger partial charge in [-0.1, -0.05) is 0 Å². The molecule has 20 nitrogen and oxygen atoms in total. The van der Waals surface area contributed by atoms with Crippen LogP contribution in [0.1, 0.15) is 54.4 Å². The molecule has 0 aromatic heterocycles. The summed E-state index contributed by atoms with van der Waals surface area (Å²) in [5.74, 6) is -2.70. The minimum atomic E-state index is -3.86. The Labute approximate surface area is 292 Å². The highest BCUT2D eigenvalue weighted by Crippen LogP contribution is 2.25. The van der Waals surface area contributed by atoms with Gasteiger partial charge in [-0.25, -0.2) is 19.2 Å². The molecule has 2 N–H and O–H groups in total. The van der Waals surface area contributed by atoms with Gasteiger partial charge < -0.3 is 39.4 Å². The molecule has 2 aliphatic heterocycles. The van der Waals surface area contributed by atoms with Crippen LogP contribution < -0.4 is 10.6 Å². The zero-order valence-corrected chi connectivity index (χ0v) is 31.4. The molecular formula is C28H48N4O16S2. The molecular weight excluding hydrogens is 712 g/mol. The number of hydrogen-bond acceptors (Lipinski definition) is 16. The quantitative estimate of drug-likeness (QED) is 0.141. The van der Waals surface area contributed by atoms with E-state index in [9.17, 15) is 45.6 Å². The zero-order chi connectivity index (χ0) is 38.8. The van der Waals surface area contributed by atoms with Crippen LogP contribution in [-0.2, 0) is 66.7 Å². The molecule has 4 atom stereocenters. The highest BCUT2D eigenvalue weighted by atomic mass is 32.2. The second-order valence-corrected chi connectivity index (χ2v) is 16.2. The van der Waals surface area contributed by atoms with Gasteiger partial charge in [0.25, 0.3) is 32.1 Å². The number of methoxy groups -OCH3 is 2. The lowest BCUT2D eigenvalue weighted by Crippen LogP contribution is -2.45. The Balaban J connectivity index is 0.000000500. The lowest BCUT2D eigenvalue weighted by molar-refractivity contribution is -0.149. The number of alkyl carbamates (subject to hydrolysis) is 2. The Morgan fingerprint density at radius 2 is 0.960 bits per heavy atom. The molecule has 4 amide bonds. The number of esters is 2. The number of likely N-dealkylation sites (tertiary alicyclic amines) is 2. The van der Waals surface area contributed by atoms with Crippen LogP contribution in [-0.4, -0.2) is 151 Å². The molecule has 0 saturated carbocycles. The summed E-state index contributed by atoms with van der Waals surface area (Å²) in [7, 11) is -5.40. The third kappa shape index (κ3) is 15.9. The molecule has 2 rings (SSSR count). The van der Waals surface area contributed by atoms with Crippen molar-refractivity contribution in [2.75, 3.05) is 52.9 Å². The van der Waals surface area contributed by atoms with Gasteiger partial charge in [0.05, 0.1) is 26.7 Å². The number of nitrogens with one attached hydrogen (secondary N) is 2. The molecule has 2 heterocycles. The molecule has 2 aliphatic rings. The Morgan fingerprint density at radius 3 is 1.20 bits per heavy atom. The number of carbonyl (C=O) groups excluding carboxylic acids is 6. The van der Waals surface area contributed by atoms with E-state index in [-0.39, 0.29) is 39.0 Å². The van der Waals surface area contributed by atoms with Crippen molar-refractivity contribution < 1.29 is 72.9 Å². The molecule has 0 aromatic rings. The largest absolute Gasteiger partial charge is 0.467 e. The van der Waals surface area contributed by atoms with Crippen molar-refractivity contribution in [2.45, 2.75) is 89.9 Å². The van der Waals surface area contributed by atoms with Crippen molar-refractivity contribution >= 4 is 56.2 Å². The fourth-order valence-electron chi connectivity index (χ4n) is 4.56. The van der Waals surface area contributed by atoms with Crippen LogP contribution in [0.2, 0.25) is 0 Å². The van der Waals surface area contributed by atoms with Gasteiger partial charge in [-0.15, -0.1) is 0 Å². The second kappa shape index (κ2) is 17.9. The number of amides is 4. The van der Waals surface area contributed by atoms with Gasteiger partial charge in [-0.3, -0.25) is 18.0 Å². The fraction of sp³-hybridized carbons (Fsp3) is 0.786. The van der Waals surface area contributed by atoms with Crippen LogP contribution in [0.25, 0.3) is 0 Å². The third-order valence-corrected chi connectivity index (χ3v) is 7.48. The van der Waals surface area contributed by atoms with Crippen LogP contribution in [0.5, 0.6) is 0 Å². The summed E-state index contributed by atoms with van der Waals surface area (Å²) in [4.78, 5) is 73.7. The lowest BCUT2D eigenvalue weighted by Gasteiger charge is -2.23. The van der Waals surface area contributed by atoms with Gasteiger partial charge in [0.15, 0.2) is 12.2 Å². The van der Waals surface area contributed by atoms with Crippen molar-refractivity contribution in [1.29, 1.82) is 0 Å². The van der Waals surface area contributed by atoms with E-state index in [1.165, 1.54) is 0 Å². The van der Waals surface area contributed by atoms with Crippen molar-refractivity contribution in [3.05, 3.63) is 0 Å². The SMILES string of the molecule is COC(=O)[C@@H]1C[C@@H](OS(C)(=O)=O)C(=O)N1CCNC(=O)OC(C)(C)C.COC(=O)[C@@H]1C[C@@H](OS(C)(=O)=O)C(=O)N1CCNC(=O)OC(C)(C)C. The number of carbonyl (C=O) groups is 6. The molecule has 0 unspecified atom stereocenters. The average Bonchev–Trinajstić information content (AvgIpc) is 3.40. The Bertz CT molecular complexity index is 1360. The van der Waals surface area contributed by atoms with Gasteiger partial charge >= 0.3 is 24.1 Å². The molecule has 22 heteroatoms. The minimum Gasteiger partial charge on any atom is -0.467 e. The van der Waals surface area contributed by atoms with Gasteiger partial charge in [0.2, 0.25) is 0 Å². The number of ether oxygens (including phenoxy) is 4. The first-order chi connectivity index (χ1) is 22.7. The third-order valence-electron chi connectivity index (χ3n) is 6.31. The summed E-state index contributed by atoms with van der Waals surface area (Å²) in [6.45, 7) is 10.2. The first-order valence-corrected chi connectivity index (χ1v) is 18.8. The first-order valence-electron chi connectivity index (χ1n) is 15.1. The highest BCUT2D eigenvalue weighted by molar-refractivity contribution is 7.86. The molecule has 0 aromatic carbocycles. The van der Waals surface area contributed by atoms with E-state index < -0.39 is 91.7 Å². The smallest absolute Gasteiger partial charge is 0.407 e. The molecule has 0 spiro atoms. The van der Waals surface area contributed by atoms with E-state index in [2.05, 4.69) is 20.1 Å².